The van der Waals surface area contributed by atoms with Crippen LogP contribution in [0.4, 0.5) is 4.39 Å². The molecule has 1 amide bonds. The molecule has 1 aliphatic rings. The first kappa shape index (κ1) is 19.2. The zero-order chi connectivity index (χ0) is 15.4. The highest BCUT2D eigenvalue weighted by molar-refractivity contribution is 9.10. The largest absolute Gasteiger partial charge is 0.481 e. The average Bonchev–Trinajstić information content (AvgIpc) is 2.45. The Morgan fingerprint density at radius 1 is 1.55 bits per heavy atom. The maximum atomic E-state index is 13.6. The molecule has 0 saturated carbocycles. The van der Waals surface area contributed by atoms with Gasteiger partial charge < -0.3 is 15.4 Å². The number of halogens is 3. The summed E-state index contributed by atoms with van der Waals surface area (Å²) in [5, 5.41) is 0. The van der Waals surface area contributed by atoms with Gasteiger partial charge in [-0.2, -0.15) is 0 Å². The molecule has 0 aromatic heterocycles. The van der Waals surface area contributed by atoms with Crippen LogP contribution in [-0.2, 0) is 4.79 Å². The van der Waals surface area contributed by atoms with Gasteiger partial charge in [-0.05, 0) is 37.0 Å². The smallest absolute Gasteiger partial charge is 0.260 e. The van der Waals surface area contributed by atoms with E-state index in [1.165, 1.54) is 12.1 Å². The van der Waals surface area contributed by atoms with Gasteiger partial charge in [-0.1, -0.05) is 22.9 Å². The van der Waals surface area contributed by atoms with Gasteiger partial charge in [-0.15, -0.1) is 12.4 Å². The maximum Gasteiger partial charge on any atom is 0.260 e. The number of nitrogens with two attached hydrogens (primary N) is 1. The van der Waals surface area contributed by atoms with E-state index in [0.717, 1.165) is 12.8 Å². The van der Waals surface area contributed by atoms with Crippen molar-refractivity contribution >= 4 is 34.2 Å². The molecule has 2 atom stereocenters. The van der Waals surface area contributed by atoms with E-state index in [-0.39, 0.29) is 36.7 Å². The predicted molar refractivity (Wildman–Crippen MR) is 89.8 cm³/mol. The van der Waals surface area contributed by atoms with E-state index >= 15 is 0 Å². The molecule has 1 fully saturated rings. The van der Waals surface area contributed by atoms with Crippen LogP contribution in [0.15, 0.2) is 22.7 Å². The summed E-state index contributed by atoms with van der Waals surface area (Å²) >= 11 is 3.18. The number of carbonyl (C=O) groups excluding carboxylic acids is 1. The van der Waals surface area contributed by atoms with Crippen molar-refractivity contribution in [1.82, 2.24) is 4.90 Å². The van der Waals surface area contributed by atoms with Crippen molar-refractivity contribution in [3.63, 3.8) is 0 Å². The second-order valence-corrected chi connectivity index (χ2v) is 6.39. The third-order valence-electron chi connectivity index (χ3n) is 3.82. The van der Waals surface area contributed by atoms with Gasteiger partial charge in [0.1, 0.15) is 0 Å². The lowest BCUT2D eigenvalue weighted by molar-refractivity contribution is -0.137. The topological polar surface area (TPSA) is 55.6 Å². The van der Waals surface area contributed by atoms with E-state index < -0.39 is 5.82 Å². The fraction of sp³-hybridized carbons (Fsp3) is 0.533. The molecular weight excluding hydrogens is 375 g/mol. The van der Waals surface area contributed by atoms with Crippen molar-refractivity contribution in [2.45, 2.75) is 25.8 Å². The van der Waals surface area contributed by atoms with E-state index in [9.17, 15) is 9.18 Å². The Hall–Kier alpha value is -0.850. The summed E-state index contributed by atoms with van der Waals surface area (Å²) in [6.07, 6.45) is 1.88. The third-order valence-corrected chi connectivity index (χ3v) is 4.31. The number of hydrogen-bond acceptors (Lipinski definition) is 3. The predicted octanol–water partition coefficient (Wildman–Crippen LogP) is 2.97. The van der Waals surface area contributed by atoms with Crippen molar-refractivity contribution in [3.05, 3.63) is 28.5 Å². The van der Waals surface area contributed by atoms with Crippen LogP contribution in [-0.4, -0.2) is 36.5 Å². The lowest BCUT2D eigenvalue weighted by Gasteiger charge is -2.37. The molecule has 1 aromatic carbocycles. The number of ether oxygens (including phenoxy) is 1. The number of piperidine rings is 1. The number of likely N-dealkylation sites (tertiary alicyclic amines) is 1. The molecule has 1 saturated heterocycles. The van der Waals surface area contributed by atoms with Crippen molar-refractivity contribution in [2.24, 2.45) is 11.7 Å². The van der Waals surface area contributed by atoms with Gasteiger partial charge >= 0.3 is 0 Å². The van der Waals surface area contributed by atoms with Gasteiger partial charge in [0.15, 0.2) is 18.2 Å². The van der Waals surface area contributed by atoms with Crippen LogP contribution in [0.1, 0.15) is 19.8 Å². The number of nitrogens with zero attached hydrogens (tertiary/aromatic N) is 1. The summed E-state index contributed by atoms with van der Waals surface area (Å²) in [5.41, 5.74) is 5.74. The summed E-state index contributed by atoms with van der Waals surface area (Å²) in [5.74, 6) is 0.0353. The zero-order valence-corrected chi connectivity index (χ0v) is 14.8. The molecule has 0 bridgehead atoms. The fourth-order valence-corrected chi connectivity index (χ4v) is 2.95. The number of benzene rings is 1. The van der Waals surface area contributed by atoms with Crippen LogP contribution < -0.4 is 10.5 Å². The van der Waals surface area contributed by atoms with Gasteiger partial charge in [-0.3, -0.25) is 4.79 Å². The standard InChI is InChI=1S/C15H20BrFN2O2.ClH/c1-10-4-5-19(12(6-10)8-18)15(20)9-21-14-3-2-11(16)7-13(14)17;/h2-3,7,10,12H,4-6,8-9,18H2,1H3;1H. The first-order valence-electron chi connectivity index (χ1n) is 7.08. The Kier molecular flexibility index (Phi) is 7.59. The summed E-state index contributed by atoms with van der Waals surface area (Å²) < 4.78 is 19.6. The second-order valence-electron chi connectivity index (χ2n) is 5.47. The molecule has 124 valence electrons. The van der Waals surface area contributed by atoms with Crippen molar-refractivity contribution < 1.29 is 13.9 Å². The monoisotopic (exact) mass is 394 g/mol. The van der Waals surface area contributed by atoms with E-state index in [1.54, 1.807) is 11.0 Å². The number of hydrogen-bond donors (Lipinski definition) is 1. The van der Waals surface area contributed by atoms with Crippen LogP contribution >= 0.6 is 28.3 Å². The van der Waals surface area contributed by atoms with Crippen molar-refractivity contribution in [2.75, 3.05) is 19.7 Å². The van der Waals surface area contributed by atoms with E-state index in [4.69, 9.17) is 10.5 Å². The van der Waals surface area contributed by atoms with Gasteiger partial charge in [0.25, 0.3) is 5.91 Å². The highest BCUT2D eigenvalue weighted by atomic mass is 79.9. The summed E-state index contributed by atoms with van der Waals surface area (Å²) in [7, 11) is 0. The summed E-state index contributed by atoms with van der Waals surface area (Å²) in [6.45, 7) is 3.14. The Labute approximate surface area is 144 Å². The molecule has 2 unspecified atom stereocenters. The molecule has 1 heterocycles. The lowest BCUT2D eigenvalue weighted by atomic mass is 9.92. The Balaban J connectivity index is 0.00000242. The summed E-state index contributed by atoms with van der Waals surface area (Å²) in [6, 6.07) is 4.55. The number of carbonyl (C=O) groups is 1. The molecule has 1 aromatic rings. The van der Waals surface area contributed by atoms with Gasteiger partial charge in [0.2, 0.25) is 0 Å². The third kappa shape index (κ3) is 4.83. The normalized spacial score (nSPS) is 21.2. The fourth-order valence-electron chi connectivity index (χ4n) is 2.62. The zero-order valence-electron chi connectivity index (χ0n) is 12.4. The van der Waals surface area contributed by atoms with Crippen molar-refractivity contribution in [1.29, 1.82) is 0 Å². The first-order chi connectivity index (χ1) is 10.0. The number of rotatable bonds is 4. The molecule has 1 aliphatic heterocycles. The van der Waals surface area contributed by atoms with Crippen molar-refractivity contribution in [3.8, 4) is 5.75 Å². The van der Waals surface area contributed by atoms with Crippen LogP contribution in [0.25, 0.3) is 0 Å². The van der Waals surface area contributed by atoms with E-state index in [2.05, 4.69) is 22.9 Å². The molecule has 2 N–H and O–H groups in total. The van der Waals surface area contributed by atoms with Crippen LogP contribution in [0.2, 0.25) is 0 Å². The molecule has 0 spiro atoms. The van der Waals surface area contributed by atoms with Gasteiger partial charge in [-0.25, -0.2) is 4.39 Å². The minimum absolute atomic E-state index is 0. The van der Waals surface area contributed by atoms with Crippen LogP contribution in [0.5, 0.6) is 5.75 Å². The Morgan fingerprint density at radius 2 is 2.27 bits per heavy atom. The second kappa shape index (κ2) is 8.70. The Bertz CT molecular complexity index is 518. The molecule has 22 heavy (non-hydrogen) atoms. The molecule has 0 radical (unpaired) electrons. The number of amides is 1. The van der Waals surface area contributed by atoms with E-state index in [1.807, 2.05) is 0 Å². The molecule has 2 rings (SSSR count). The molecule has 7 heteroatoms. The minimum Gasteiger partial charge on any atom is -0.481 e. The molecular formula is C15H21BrClFN2O2. The highest BCUT2D eigenvalue weighted by Crippen LogP contribution is 2.23. The Morgan fingerprint density at radius 3 is 2.91 bits per heavy atom. The first-order valence-corrected chi connectivity index (χ1v) is 7.88. The lowest BCUT2D eigenvalue weighted by Crippen LogP contribution is -2.50. The highest BCUT2D eigenvalue weighted by Gasteiger charge is 2.29. The SMILES string of the molecule is CC1CCN(C(=O)COc2ccc(Br)cc2F)C(CN)C1.Cl. The van der Waals surface area contributed by atoms with E-state index in [0.29, 0.717) is 23.5 Å². The maximum absolute atomic E-state index is 13.6. The average molecular weight is 396 g/mol. The minimum atomic E-state index is -0.486. The van der Waals surface area contributed by atoms with Crippen LogP contribution in [0.3, 0.4) is 0 Å². The summed E-state index contributed by atoms with van der Waals surface area (Å²) in [4.78, 5) is 14.0. The van der Waals surface area contributed by atoms with Gasteiger partial charge in [0, 0.05) is 23.6 Å². The molecule has 0 aliphatic carbocycles. The molecule has 4 nitrogen and oxygen atoms in total. The quantitative estimate of drug-likeness (QED) is 0.853. The van der Waals surface area contributed by atoms with Crippen LogP contribution in [0, 0.1) is 11.7 Å². The van der Waals surface area contributed by atoms with Gasteiger partial charge in [0.05, 0.1) is 0 Å².